The molecule has 9 heteroatoms. The molecule has 1 amide bonds. The highest BCUT2D eigenvalue weighted by Crippen LogP contribution is 2.31. The van der Waals surface area contributed by atoms with Gasteiger partial charge in [0.1, 0.15) is 6.07 Å². The van der Waals surface area contributed by atoms with Crippen molar-refractivity contribution in [2.45, 2.75) is 31.7 Å². The molecular weight excluding hydrogens is 414 g/mol. The number of rotatable bonds is 9. The lowest BCUT2D eigenvalue weighted by atomic mass is 10.2. The van der Waals surface area contributed by atoms with Crippen LogP contribution in [0.1, 0.15) is 31.3 Å². The zero-order valence-corrected chi connectivity index (χ0v) is 18.3. The minimum Gasteiger partial charge on any atom is -0.493 e. The lowest BCUT2D eigenvalue weighted by molar-refractivity contribution is -0.113. The van der Waals surface area contributed by atoms with Gasteiger partial charge in [0.2, 0.25) is 5.91 Å². The Bertz CT molecular complexity index is 1090. The molecule has 0 spiro atoms. The number of benzene rings is 2. The first-order chi connectivity index (χ1) is 15.1. The van der Waals surface area contributed by atoms with E-state index < -0.39 is 0 Å². The summed E-state index contributed by atoms with van der Waals surface area (Å²) in [5.41, 5.74) is 0.911. The van der Waals surface area contributed by atoms with Gasteiger partial charge in [0, 0.05) is 6.54 Å². The smallest absolute Gasteiger partial charge is 0.234 e. The van der Waals surface area contributed by atoms with Crippen LogP contribution in [-0.4, -0.2) is 33.5 Å². The lowest BCUT2D eigenvalue weighted by Gasteiger charge is -2.17. The van der Waals surface area contributed by atoms with E-state index in [1.807, 2.05) is 42.7 Å². The maximum Gasteiger partial charge on any atom is 0.234 e. The molecule has 0 bridgehead atoms. The Balaban J connectivity index is 1.67. The van der Waals surface area contributed by atoms with E-state index in [0.29, 0.717) is 40.3 Å². The normalized spacial score (nSPS) is 11.4. The predicted molar refractivity (Wildman–Crippen MR) is 118 cm³/mol. The standard InChI is InChI=1S/C22H23N5O3S/c1-4-27-21(15(2)30-19-12-8-7-11-18(19)29-3)25-26-22(27)31-14-20(28)24-17-10-6-5-9-16(17)13-23/h5-12,15H,4,14H2,1-3H3,(H,24,28). The molecule has 3 aromatic rings. The third-order valence-corrected chi connectivity index (χ3v) is 5.42. The van der Waals surface area contributed by atoms with Gasteiger partial charge >= 0.3 is 0 Å². The van der Waals surface area contributed by atoms with E-state index in [9.17, 15) is 4.79 Å². The highest BCUT2D eigenvalue weighted by molar-refractivity contribution is 7.99. The summed E-state index contributed by atoms with van der Waals surface area (Å²) in [4.78, 5) is 12.4. The van der Waals surface area contributed by atoms with Crippen molar-refractivity contribution < 1.29 is 14.3 Å². The van der Waals surface area contributed by atoms with Crippen LogP contribution in [0.15, 0.2) is 53.7 Å². The van der Waals surface area contributed by atoms with Gasteiger partial charge in [0.05, 0.1) is 24.1 Å². The van der Waals surface area contributed by atoms with Crippen LogP contribution in [0.3, 0.4) is 0 Å². The third-order valence-electron chi connectivity index (χ3n) is 4.45. The Morgan fingerprint density at radius 3 is 2.61 bits per heavy atom. The highest BCUT2D eigenvalue weighted by Gasteiger charge is 2.20. The van der Waals surface area contributed by atoms with E-state index in [1.165, 1.54) is 11.8 Å². The Morgan fingerprint density at radius 2 is 1.90 bits per heavy atom. The summed E-state index contributed by atoms with van der Waals surface area (Å²) in [5, 5.41) is 21.1. The predicted octanol–water partition coefficient (Wildman–Crippen LogP) is 4.05. The van der Waals surface area contributed by atoms with Gasteiger partial charge in [-0.3, -0.25) is 4.79 Å². The molecule has 1 atom stereocenters. The van der Waals surface area contributed by atoms with Crippen molar-refractivity contribution in [2.75, 3.05) is 18.2 Å². The molecule has 0 radical (unpaired) electrons. The number of nitrogens with one attached hydrogen (secondary N) is 1. The van der Waals surface area contributed by atoms with Crippen LogP contribution in [0.5, 0.6) is 11.5 Å². The molecule has 160 valence electrons. The van der Waals surface area contributed by atoms with Gasteiger partial charge in [-0.15, -0.1) is 10.2 Å². The average molecular weight is 438 g/mol. The Hall–Kier alpha value is -3.51. The monoisotopic (exact) mass is 437 g/mol. The van der Waals surface area contributed by atoms with E-state index in [1.54, 1.807) is 31.4 Å². The van der Waals surface area contributed by atoms with E-state index in [-0.39, 0.29) is 17.8 Å². The molecule has 0 saturated heterocycles. The quantitative estimate of drug-likeness (QED) is 0.504. The number of amides is 1. The van der Waals surface area contributed by atoms with Gasteiger partial charge in [0.25, 0.3) is 0 Å². The fourth-order valence-electron chi connectivity index (χ4n) is 2.97. The van der Waals surface area contributed by atoms with Crippen molar-refractivity contribution in [3.8, 4) is 17.6 Å². The average Bonchev–Trinajstić information content (AvgIpc) is 3.21. The Kier molecular flexibility index (Phi) is 7.51. The maximum atomic E-state index is 12.4. The molecule has 3 rings (SSSR count). The van der Waals surface area contributed by atoms with Crippen LogP contribution in [-0.2, 0) is 11.3 Å². The number of anilines is 1. The van der Waals surface area contributed by atoms with Gasteiger partial charge in [0.15, 0.2) is 28.6 Å². The molecule has 1 N–H and O–H groups in total. The molecule has 31 heavy (non-hydrogen) atoms. The van der Waals surface area contributed by atoms with Crippen molar-refractivity contribution in [3.05, 3.63) is 59.9 Å². The van der Waals surface area contributed by atoms with E-state index >= 15 is 0 Å². The summed E-state index contributed by atoms with van der Waals surface area (Å²) >= 11 is 1.28. The number of para-hydroxylation sites is 3. The number of ether oxygens (including phenoxy) is 2. The second-order valence-electron chi connectivity index (χ2n) is 6.49. The van der Waals surface area contributed by atoms with Gasteiger partial charge < -0.3 is 19.4 Å². The maximum absolute atomic E-state index is 12.4. The molecule has 0 aliphatic heterocycles. The van der Waals surface area contributed by atoms with Crippen molar-refractivity contribution in [1.82, 2.24) is 14.8 Å². The first-order valence-electron chi connectivity index (χ1n) is 9.71. The van der Waals surface area contributed by atoms with Crippen molar-refractivity contribution >= 4 is 23.4 Å². The summed E-state index contributed by atoms with van der Waals surface area (Å²) < 4.78 is 13.3. The number of hydrogen-bond acceptors (Lipinski definition) is 7. The summed E-state index contributed by atoms with van der Waals surface area (Å²) in [6, 6.07) is 16.4. The fraction of sp³-hybridized carbons (Fsp3) is 0.273. The van der Waals surface area contributed by atoms with Crippen LogP contribution < -0.4 is 14.8 Å². The molecule has 1 unspecified atom stereocenters. The second kappa shape index (κ2) is 10.5. The minimum absolute atomic E-state index is 0.139. The van der Waals surface area contributed by atoms with Crippen molar-refractivity contribution in [1.29, 1.82) is 5.26 Å². The van der Waals surface area contributed by atoms with E-state index in [4.69, 9.17) is 14.7 Å². The van der Waals surface area contributed by atoms with Gasteiger partial charge in [-0.2, -0.15) is 5.26 Å². The SMILES string of the molecule is CCn1c(SCC(=O)Nc2ccccc2C#N)nnc1C(C)Oc1ccccc1OC. The number of carbonyl (C=O) groups is 1. The molecule has 0 aliphatic rings. The van der Waals surface area contributed by atoms with Crippen molar-refractivity contribution in [2.24, 2.45) is 0 Å². The molecule has 1 aromatic heterocycles. The second-order valence-corrected chi connectivity index (χ2v) is 7.43. The van der Waals surface area contributed by atoms with Crippen LogP contribution in [0.2, 0.25) is 0 Å². The topological polar surface area (TPSA) is 102 Å². The summed E-state index contributed by atoms with van der Waals surface area (Å²) in [5.74, 6) is 1.83. The fourth-order valence-corrected chi connectivity index (χ4v) is 3.78. The Labute approximate surface area is 185 Å². The third kappa shape index (κ3) is 5.35. The number of carbonyl (C=O) groups excluding carboxylic acids is 1. The van der Waals surface area contributed by atoms with E-state index in [2.05, 4.69) is 21.6 Å². The van der Waals surface area contributed by atoms with Crippen LogP contribution in [0.25, 0.3) is 0 Å². The highest BCUT2D eigenvalue weighted by atomic mass is 32.2. The molecule has 0 fully saturated rings. The van der Waals surface area contributed by atoms with Crippen LogP contribution >= 0.6 is 11.8 Å². The van der Waals surface area contributed by atoms with Gasteiger partial charge in [-0.25, -0.2) is 0 Å². The van der Waals surface area contributed by atoms with Crippen LogP contribution in [0, 0.1) is 11.3 Å². The van der Waals surface area contributed by atoms with Crippen LogP contribution in [0.4, 0.5) is 5.69 Å². The summed E-state index contributed by atoms with van der Waals surface area (Å²) in [6.07, 6.45) is -0.366. The molecular formula is C22H23N5O3S. The molecule has 0 saturated carbocycles. The zero-order chi connectivity index (χ0) is 22.2. The molecule has 8 nitrogen and oxygen atoms in total. The Morgan fingerprint density at radius 1 is 1.19 bits per heavy atom. The number of nitriles is 1. The number of thioether (sulfide) groups is 1. The number of nitrogens with zero attached hydrogens (tertiary/aromatic N) is 4. The largest absolute Gasteiger partial charge is 0.493 e. The molecule has 0 aliphatic carbocycles. The van der Waals surface area contributed by atoms with Gasteiger partial charge in [-0.1, -0.05) is 36.0 Å². The minimum atomic E-state index is -0.366. The number of methoxy groups -OCH3 is 1. The zero-order valence-electron chi connectivity index (χ0n) is 17.5. The lowest BCUT2D eigenvalue weighted by Crippen LogP contribution is -2.16. The molecule has 2 aromatic carbocycles. The van der Waals surface area contributed by atoms with E-state index in [0.717, 1.165) is 0 Å². The number of aromatic nitrogens is 3. The first kappa shape index (κ1) is 22.2. The van der Waals surface area contributed by atoms with Gasteiger partial charge in [-0.05, 0) is 38.1 Å². The molecule has 1 heterocycles. The number of hydrogen-bond donors (Lipinski definition) is 1. The summed E-state index contributed by atoms with van der Waals surface area (Å²) in [6.45, 7) is 4.50. The first-order valence-corrected chi connectivity index (χ1v) is 10.7. The summed E-state index contributed by atoms with van der Waals surface area (Å²) in [7, 11) is 1.59. The van der Waals surface area contributed by atoms with Crippen molar-refractivity contribution in [3.63, 3.8) is 0 Å².